The normalized spacial score (nSPS) is 31.6. The Balaban J connectivity index is 2.92. The van der Waals surface area contributed by atoms with E-state index in [0.717, 1.165) is 5.57 Å². The number of ketones is 1. The first-order chi connectivity index (χ1) is 6.49. The lowest BCUT2D eigenvalue weighted by molar-refractivity contribution is -0.148. The molecule has 3 unspecified atom stereocenters. The Bertz CT molecular complexity index is 280. The Morgan fingerprint density at radius 3 is 2.57 bits per heavy atom. The van der Waals surface area contributed by atoms with Crippen molar-refractivity contribution in [2.45, 2.75) is 20.3 Å². The second kappa shape index (κ2) is 3.95. The van der Waals surface area contributed by atoms with E-state index in [1.54, 1.807) is 6.92 Å². The highest BCUT2D eigenvalue weighted by Crippen LogP contribution is 2.38. The van der Waals surface area contributed by atoms with Crippen LogP contribution in [0.4, 0.5) is 0 Å². The Kier molecular flexibility index (Phi) is 3.09. The molecule has 78 valence electrons. The van der Waals surface area contributed by atoms with Crippen molar-refractivity contribution in [2.75, 3.05) is 7.11 Å². The minimum absolute atomic E-state index is 0.0371. The minimum atomic E-state index is -0.329. The van der Waals surface area contributed by atoms with Crippen LogP contribution >= 0.6 is 0 Å². The number of Topliss-reactive ketones (excluding diaryl/α,β-unsaturated/α-hetero) is 1. The van der Waals surface area contributed by atoms with Crippen LogP contribution in [-0.2, 0) is 14.3 Å². The summed E-state index contributed by atoms with van der Waals surface area (Å²) in [5, 5.41) is 0. The summed E-state index contributed by atoms with van der Waals surface area (Å²) in [7, 11) is 1.35. The predicted octanol–water partition coefficient (Wildman–Crippen LogP) is 1.58. The van der Waals surface area contributed by atoms with Gasteiger partial charge in [0.15, 0.2) is 0 Å². The van der Waals surface area contributed by atoms with Crippen molar-refractivity contribution >= 4 is 11.8 Å². The molecule has 1 fully saturated rings. The monoisotopic (exact) mass is 196 g/mol. The highest BCUT2D eigenvalue weighted by atomic mass is 16.5. The fourth-order valence-corrected chi connectivity index (χ4v) is 2.06. The molecule has 0 bridgehead atoms. The number of esters is 1. The summed E-state index contributed by atoms with van der Waals surface area (Å²) in [6, 6.07) is 0. The predicted molar refractivity (Wildman–Crippen MR) is 52.6 cm³/mol. The molecule has 0 saturated heterocycles. The maximum Gasteiger partial charge on any atom is 0.310 e. The lowest BCUT2D eigenvalue weighted by atomic mass is 9.86. The van der Waals surface area contributed by atoms with Gasteiger partial charge >= 0.3 is 5.97 Å². The van der Waals surface area contributed by atoms with Gasteiger partial charge in [-0.1, -0.05) is 19.1 Å². The van der Waals surface area contributed by atoms with Gasteiger partial charge in [-0.2, -0.15) is 0 Å². The number of ether oxygens (including phenoxy) is 1. The van der Waals surface area contributed by atoms with E-state index in [1.165, 1.54) is 7.11 Å². The van der Waals surface area contributed by atoms with Gasteiger partial charge in [0.05, 0.1) is 13.0 Å². The van der Waals surface area contributed by atoms with Crippen LogP contribution in [0.1, 0.15) is 20.3 Å². The van der Waals surface area contributed by atoms with Gasteiger partial charge in [0.1, 0.15) is 5.78 Å². The molecule has 14 heavy (non-hydrogen) atoms. The molecule has 1 rings (SSSR count). The highest BCUT2D eigenvalue weighted by Gasteiger charge is 2.44. The SMILES string of the molecule is C=C(C)C1CC(=O)C(C)C1C(=O)OC. The number of hydrogen-bond donors (Lipinski definition) is 0. The van der Waals surface area contributed by atoms with Crippen LogP contribution in [-0.4, -0.2) is 18.9 Å². The summed E-state index contributed by atoms with van der Waals surface area (Å²) in [6.45, 7) is 7.45. The first-order valence-corrected chi connectivity index (χ1v) is 4.75. The topological polar surface area (TPSA) is 43.4 Å². The van der Waals surface area contributed by atoms with Crippen LogP contribution in [0.2, 0.25) is 0 Å². The Morgan fingerprint density at radius 1 is 1.57 bits per heavy atom. The van der Waals surface area contributed by atoms with Crippen molar-refractivity contribution in [1.82, 2.24) is 0 Å². The first kappa shape index (κ1) is 11.0. The third kappa shape index (κ3) is 1.72. The van der Waals surface area contributed by atoms with E-state index >= 15 is 0 Å². The summed E-state index contributed by atoms with van der Waals surface area (Å²) < 4.78 is 4.70. The molecule has 0 amide bonds. The smallest absolute Gasteiger partial charge is 0.310 e. The molecule has 1 aliphatic rings. The van der Waals surface area contributed by atoms with Crippen molar-refractivity contribution in [3.8, 4) is 0 Å². The van der Waals surface area contributed by atoms with Crippen LogP contribution in [0.25, 0.3) is 0 Å². The van der Waals surface area contributed by atoms with E-state index in [9.17, 15) is 9.59 Å². The minimum Gasteiger partial charge on any atom is -0.469 e. The second-order valence-electron chi connectivity index (χ2n) is 3.96. The molecule has 0 aromatic rings. The number of carbonyl (C=O) groups is 2. The first-order valence-electron chi connectivity index (χ1n) is 4.75. The molecule has 1 aliphatic carbocycles. The summed E-state index contributed by atoms with van der Waals surface area (Å²) in [6.07, 6.45) is 0.427. The Labute approximate surface area is 84.1 Å². The standard InChI is InChI=1S/C11H16O3/c1-6(2)8-5-9(12)7(3)10(8)11(13)14-4/h7-8,10H,1,5H2,2-4H3. The van der Waals surface area contributed by atoms with Gasteiger partial charge in [-0.15, -0.1) is 0 Å². The van der Waals surface area contributed by atoms with E-state index in [0.29, 0.717) is 6.42 Å². The van der Waals surface area contributed by atoms with Crippen molar-refractivity contribution in [3.05, 3.63) is 12.2 Å². The van der Waals surface area contributed by atoms with E-state index in [-0.39, 0.29) is 29.5 Å². The number of hydrogen-bond acceptors (Lipinski definition) is 3. The number of methoxy groups -OCH3 is 1. The van der Waals surface area contributed by atoms with E-state index in [1.807, 2.05) is 6.92 Å². The average molecular weight is 196 g/mol. The van der Waals surface area contributed by atoms with Crippen molar-refractivity contribution in [1.29, 1.82) is 0 Å². The van der Waals surface area contributed by atoms with Crippen LogP contribution in [0.5, 0.6) is 0 Å². The molecular formula is C11H16O3. The van der Waals surface area contributed by atoms with Crippen LogP contribution < -0.4 is 0 Å². The van der Waals surface area contributed by atoms with Gasteiger partial charge in [-0.3, -0.25) is 9.59 Å². The number of allylic oxidation sites excluding steroid dienone is 1. The van der Waals surface area contributed by atoms with Gasteiger partial charge < -0.3 is 4.74 Å². The highest BCUT2D eigenvalue weighted by molar-refractivity contribution is 5.91. The maximum absolute atomic E-state index is 11.5. The van der Waals surface area contributed by atoms with Gasteiger partial charge in [0, 0.05) is 18.3 Å². The molecule has 0 aromatic carbocycles. The largest absolute Gasteiger partial charge is 0.469 e. The van der Waals surface area contributed by atoms with Crippen molar-refractivity contribution in [3.63, 3.8) is 0 Å². The Hall–Kier alpha value is -1.12. The van der Waals surface area contributed by atoms with E-state index in [2.05, 4.69) is 6.58 Å². The molecule has 1 saturated carbocycles. The molecule has 3 nitrogen and oxygen atoms in total. The lowest BCUT2D eigenvalue weighted by Gasteiger charge is -2.19. The number of rotatable bonds is 2. The van der Waals surface area contributed by atoms with Crippen molar-refractivity contribution < 1.29 is 14.3 Å². The molecule has 3 heteroatoms. The van der Waals surface area contributed by atoms with E-state index in [4.69, 9.17) is 4.74 Å². The molecule has 0 heterocycles. The fourth-order valence-electron chi connectivity index (χ4n) is 2.06. The number of carbonyl (C=O) groups excluding carboxylic acids is 2. The quantitative estimate of drug-likeness (QED) is 0.497. The third-order valence-electron chi connectivity index (χ3n) is 3.01. The zero-order valence-electron chi connectivity index (χ0n) is 8.87. The molecule has 0 N–H and O–H groups in total. The van der Waals surface area contributed by atoms with Gasteiger partial charge in [0.25, 0.3) is 0 Å². The van der Waals surface area contributed by atoms with Crippen molar-refractivity contribution in [2.24, 2.45) is 17.8 Å². The summed E-state index contributed by atoms with van der Waals surface area (Å²) in [5.74, 6) is -0.760. The van der Waals surface area contributed by atoms with Gasteiger partial charge in [-0.25, -0.2) is 0 Å². The van der Waals surface area contributed by atoms with Gasteiger partial charge in [-0.05, 0) is 6.92 Å². The molecule has 0 spiro atoms. The zero-order valence-corrected chi connectivity index (χ0v) is 8.87. The summed E-state index contributed by atoms with van der Waals surface area (Å²) >= 11 is 0. The van der Waals surface area contributed by atoms with Crippen LogP contribution in [0.15, 0.2) is 12.2 Å². The van der Waals surface area contributed by atoms with E-state index < -0.39 is 0 Å². The van der Waals surface area contributed by atoms with Crippen LogP contribution in [0, 0.1) is 17.8 Å². The molecular weight excluding hydrogens is 180 g/mol. The zero-order chi connectivity index (χ0) is 10.9. The van der Waals surface area contributed by atoms with Crippen LogP contribution in [0.3, 0.4) is 0 Å². The molecule has 0 aliphatic heterocycles. The Morgan fingerprint density at radius 2 is 2.14 bits per heavy atom. The van der Waals surface area contributed by atoms with Gasteiger partial charge in [0.2, 0.25) is 0 Å². The summed E-state index contributed by atoms with van der Waals surface area (Å²) in [4.78, 5) is 22.9. The molecule has 3 atom stereocenters. The second-order valence-corrected chi connectivity index (χ2v) is 3.96. The lowest BCUT2D eigenvalue weighted by Crippen LogP contribution is -2.26. The molecule has 0 aromatic heterocycles. The summed E-state index contributed by atoms with van der Waals surface area (Å²) in [5.41, 5.74) is 0.887. The fraction of sp³-hybridized carbons (Fsp3) is 0.636. The third-order valence-corrected chi connectivity index (χ3v) is 3.01. The molecule has 0 radical (unpaired) electrons. The maximum atomic E-state index is 11.5. The average Bonchev–Trinajstić information content (AvgIpc) is 2.43.